The Balaban J connectivity index is 1.82. The first-order chi connectivity index (χ1) is 8.69. The molecule has 0 aliphatic heterocycles. The average Bonchev–Trinajstić information content (AvgIpc) is 3.03. The van der Waals surface area contributed by atoms with Gasteiger partial charge in [0, 0.05) is 10.9 Å². The Morgan fingerprint density at radius 3 is 3.22 bits per heavy atom. The van der Waals surface area contributed by atoms with E-state index in [0.717, 1.165) is 23.3 Å². The summed E-state index contributed by atoms with van der Waals surface area (Å²) in [5.41, 5.74) is 1.79. The highest BCUT2D eigenvalue weighted by molar-refractivity contribution is 6.31. The molecule has 2 aromatic rings. The van der Waals surface area contributed by atoms with Gasteiger partial charge in [-0.2, -0.15) is 0 Å². The molecule has 1 aliphatic rings. The van der Waals surface area contributed by atoms with E-state index in [4.69, 9.17) is 16.3 Å². The van der Waals surface area contributed by atoms with E-state index in [0.29, 0.717) is 11.6 Å². The van der Waals surface area contributed by atoms with E-state index >= 15 is 0 Å². The number of imidazole rings is 1. The first-order valence-corrected chi connectivity index (χ1v) is 6.38. The maximum Gasteiger partial charge on any atom is 0.309 e. The summed E-state index contributed by atoms with van der Waals surface area (Å²) in [6.45, 7) is 2.25. The zero-order valence-corrected chi connectivity index (χ0v) is 10.7. The number of benzene rings is 1. The summed E-state index contributed by atoms with van der Waals surface area (Å²) in [7, 11) is 0. The Morgan fingerprint density at radius 1 is 1.61 bits per heavy atom. The van der Waals surface area contributed by atoms with Crippen LogP contribution in [0.1, 0.15) is 25.1 Å². The Kier molecular flexibility index (Phi) is 2.74. The number of hydrogen-bond donors (Lipinski definition) is 1. The highest BCUT2D eigenvalue weighted by Gasteiger charge is 2.47. The van der Waals surface area contributed by atoms with Crippen LogP contribution in [0.15, 0.2) is 18.2 Å². The number of carbonyl (C=O) groups is 1. The van der Waals surface area contributed by atoms with Crippen LogP contribution < -0.4 is 0 Å². The maximum absolute atomic E-state index is 11.6. The van der Waals surface area contributed by atoms with Crippen LogP contribution in [0, 0.1) is 5.92 Å². The minimum Gasteiger partial charge on any atom is -0.466 e. The van der Waals surface area contributed by atoms with Crippen molar-refractivity contribution in [2.75, 3.05) is 6.61 Å². The number of nitrogens with one attached hydrogen (secondary N) is 1. The second kappa shape index (κ2) is 4.28. The van der Waals surface area contributed by atoms with Gasteiger partial charge in [-0.15, -0.1) is 0 Å². The van der Waals surface area contributed by atoms with Gasteiger partial charge in [0.05, 0.1) is 23.6 Å². The molecule has 0 bridgehead atoms. The lowest BCUT2D eigenvalue weighted by molar-refractivity contribution is -0.144. The van der Waals surface area contributed by atoms with Crippen molar-refractivity contribution in [2.24, 2.45) is 5.92 Å². The van der Waals surface area contributed by atoms with E-state index in [1.54, 1.807) is 0 Å². The maximum atomic E-state index is 11.6. The summed E-state index contributed by atoms with van der Waals surface area (Å²) in [6.07, 6.45) is 0.812. The third-order valence-electron chi connectivity index (χ3n) is 3.19. The molecule has 18 heavy (non-hydrogen) atoms. The molecule has 4 nitrogen and oxygen atoms in total. The molecule has 2 atom stereocenters. The Morgan fingerprint density at radius 2 is 2.44 bits per heavy atom. The third kappa shape index (κ3) is 1.97. The zero-order valence-electron chi connectivity index (χ0n) is 9.94. The molecule has 0 spiro atoms. The van der Waals surface area contributed by atoms with Crippen LogP contribution in [0.3, 0.4) is 0 Å². The van der Waals surface area contributed by atoms with Crippen LogP contribution in [0.5, 0.6) is 0 Å². The van der Waals surface area contributed by atoms with Gasteiger partial charge in [-0.3, -0.25) is 4.79 Å². The molecule has 0 amide bonds. The number of aromatic nitrogens is 2. The summed E-state index contributed by atoms with van der Waals surface area (Å²) in [4.78, 5) is 19.3. The van der Waals surface area contributed by atoms with Crippen LogP contribution in [-0.2, 0) is 9.53 Å². The number of ether oxygens (including phenoxy) is 1. The van der Waals surface area contributed by atoms with Crippen LogP contribution in [0.2, 0.25) is 5.02 Å². The normalized spacial score (nSPS) is 22.1. The molecular formula is C13H13ClN2O2. The standard InChI is InChI=1S/C13H13ClN2O2/c1-2-18-13(17)9-6-8(9)12-15-10-4-3-7(14)5-11(10)16-12/h3-5,8-9H,2,6H2,1H3,(H,15,16). The van der Waals surface area contributed by atoms with Gasteiger partial charge >= 0.3 is 5.97 Å². The number of H-pyrrole nitrogens is 1. The van der Waals surface area contributed by atoms with Crippen molar-refractivity contribution >= 4 is 28.6 Å². The number of esters is 1. The number of aromatic amines is 1. The van der Waals surface area contributed by atoms with Crippen LogP contribution in [-0.4, -0.2) is 22.5 Å². The number of rotatable bonds is 3. The second-order valence-electron chi connectivity index (χ2n) is 4.48. The van der Waals surface area contributed by atoms with E-state index in [9.17, 15) is 4.79 Å². The van der Waals surface area contributed by atoms with E-state index in [2.05, 4.69) is 9.97 Å². The summed E-state index contributed by atoms with van der Waals surface area (Å²) in [5.74, 6) is 0.850. The van der Waals surface area contributed by atoms with Gasteiger partial charge in [0.2, 0.25) is 0 Å². The molecule has 0 radical (unpaired) electrons. The van der Waals surface area contributed by atoms with Gasteiger partial charge < -0.3 is 9.72 Å². The number of hydrogen-bond acceptors (Lipinski definition) is 3. The van der Waals surface area contributed by atoms with E-state index in [-0.39, 0.29) is 17.8 Å². The molecule has 5 heteroatoms. The topological polar surface area (TPSA) is 55.0 Å². The fourth-order valence-corrected chi connectivity index (χ4v) is 2.36. The van der Waals surface area contributed by atoms with Crippen LogP contribution in [0.25, 0.3) is 11.0 Å². The van der Waals surface area contributed by atoms with E-state index in [1.165, 1.54) is 0 Å². The predicted molar refractivity (Wildman–Crippen MR) is 68.6 cm³/mol. The van der Waals surface area contributed by atoms with Crippen LogP contribution in [0.4, 0.5) is 0 Å². The quantitative estimate of drug-likeness (QED) is 0.868. The lowest BCUT2D eigenvalue weighted by Gasteiger charge is -1.98. The van der Waals surface area contributed by atoms with Crippen molar-refractivity contribution in [1.82, 2.24) is 9.97 Å². The first-order valence-electron chi connectivity index (χ1n) is 6.01. The Hall–Kier alpha value is -1.55. The van der Waals surface area contributed by atoms with Crippen molar-refractivity contribution in [3.8, 4) is 0 Å². The molecule has 0 saturated heterocycles. The first kappa shape index (κ1) is 11.5. The third-order valence-corrected chi connectivity index (χ3v) is 3.43. The second-order valence-corrected chi connectivity index (χ2v) is 4.92. The van der Waals surface area contributed by atoms with Crippen molar-refractivity contribution in [1.29, 1.82) is 0 Å². The molecule has 1 aromatic carbocycles. The van der Waals surface area contributed by atoms with Gasteiger partial charge in [0.15, 0.2) is 0 Å². The fraction of sp³-hybridized carbons (Fsp3) is 0.385. The predicted octanol–water partition coefficient (Wildman–Crippen LogP) is 2.88. The molecule has 1 N–H and O–H groups in total. The molecule has 1 aliphatic carbocycles. The molecule has 1 saturated carbocycles. The van der Waals surface area contributed by atoms with Gasteiger partial charge in [-0.05, 0) is 31.5 Å². The molecule has 1 fully saturated rings. The lowest BCUT2D eigenvalue weighted by atomic mass is 10.3. The number of fused-ring (bicyclic) bond motifs is 1. The highest BCUT2D eigenvalue weighted by Crippen LogP contribution is 2.47. The fourth-order valence-electron chi connectivity index (χ4n) is 2.18. The van der Waals surface area contributed by atoms with Gasteiger partial charge in [0.25, 0.3) is 0 Å². The Labute approximate surface area is 109 Å². The minimum atomic E-state index is -0.124. The van der Waals surface area contributed by atoms with E-state index < -0.39 is 0 Å². The minimum absolute atomic E-state index is 0.0408. The van der Waals surface area contributed by atoms with Crippen LogP contribution >= 0.6 is 11.6 Å². The summed E-state index contributed by atoms with van der Waals surface area (Å²) in [6, 6.07) is 5.53. The molecule has 94 valence electrons. The van der Waals surface area contributed by atoms with Crippen molar-refractivity contribution in [3.63, 3.8) is 0 Å². The van der Waals surface area contributed by atoms with Gasteiger partial charge in [-0.25, -0.2) is 4.98 Å². The molecule has 3 rings (SSSR count). The smallest absolute Gasteiger partial charge is 0.309 e. The highest BCUT2D eigenvalue weighted by atomic mass is 35.5. The largest absolute Gasteiger partial charge is 0.466 e. The van der Waals surface area contributed by atoms with E-state index in [1.807, 2.05) is 25.1 Å². The summed E-state index contributed by atoms with van der Waals surface area (Å²) < 4.78 is 5.01. The summed E-state index contributed by atoms with van der Waals surface area (Å²) in [5, 5.41) is 0.676. The Bertz CT molecular complexity index is 608. The SMILES string of the molecule is CCOC(=O)C1CC1c1nc2ccc(Cl)cc2[nH]1. The molecular weight excluding hydrogens is 252 g/mol. The van der Waals surface area contributed by atoms with Crippen molar-refractivity contribution in [3.05, 3.63) is 29.0 Å². The van der Waals surface area contributed by atoms with Gasteiger partial charge in [0.1, 0.15) is 5.82 Å². The summed E-state index contributed by atoms with van der Waals surface area (Å²) >= 11 is 5.92. The zero-order chi connectivity index (χ0) is 12.7. The molecule has 1 aromatic heterocycles. The average molecular weight is 265 g/mol. The number of nitrogens with zero attached hydrogens (tertiary/aromatic N) is 1. The molecule has 2 unspecified atom stereocenters. The monoisotopic (exact) mass is 264 g/mol. The lowest BCUT2D eigenvalue weighted by Crippen LogP contribution is -2.07. The number of carbonyl (C=O) groups excluding carboxylic acids is 1. The van der Waals surface area contributed by atoms with Crippen molar-refractivity contribution in [2.45, 2.75) is 19.3 Å². The van der Waals surface area contributed by atoms with Crippen molar-refractivity contribution < 1.29 is 9.53 Å². The van der Waals surface area contributed by atoms with Gasteiger partial charge in [-0.1, -0.05) is 11.6 Å². The molecule has 1 heterocycles. The number of halogens is 1.